The summed E-state index contributed by atoms with van der Waals surface area (Å²) in [6, 6.07) is 7.70. The largest absolute Gasteiger partial charge is 0.393 e. The first kappa shape index (κ1) is 16.8. The molecule has 3 heterocycles. The molecule has 4 rings (SSSR count). The molecule has 1 saturated heterocycles. The number of thioether (sulfide) groups is 1. The van der Waals surface area contributed by atoms with Crippen LogP contribution in [0, 0.1) is 10.1 Å². The van der Waals surface area contributed by atoms with E-state index < -0.39 is 11.2 Å². The van der Waals surface area contributed by atoms with Crippen molar-refractivity contribution in [2.24, 2.45) is 0 Å². The van der Waals surface area contributed by atoms with E-state index in [4.69, 9.17) is 9.84 Å². The summed E-state index contributed by atoms with van der Waals surface area (Å²) in [5.74, 6) is 0.570. The quantitative estimate of drug-likeness (QED) is 0.546. The minimum absolute atomic E-state index is 0.00538. The Morgan fingerprint density at radius 1 is 1.35 bits per heavy atom. The molecule has 10 heteroatoms. The fourth-order valence-electron chi connectivity index (χ4n) is 2.80. The first-order chi connectivity index (χ1) is 12.6. The predicted molar refractivity (Wildman–Crippen MR) is 95.0 cm³/mol. The lowest BCUT2D eigenvalue weighted by atomic mass is 10.1. The molecule has 0 saturated carbocycles. The van der Waals surface area contributed by atoms with Crippen molar-refractivity contribution in [2.75, 3.05) is 12.4 Å². The third kappa shape index (κ3) is 2.87. The molecule has 1 aliphatic rings. The Morgan fingerprint density at radius 3 is 2.77 bits per heavy atom. The summed E-state index contributed by atoms with van der Waals surface area (Å²) in [5, 5.41) is 19.9. The van der Waals surface area contributed by atoms with Crippen LogP contribution in [-0.4, -0.2) is 41.8 Å². The number of nitrogens with zero attached hydrogens (tertiary/aromatic N) is 4. The topological polar surface area (TPSA) is 112 Å². The molecule has 1 N–H and O–H groups in total. The van der Waals surface area contributed by atoms with Gasteiger partial charge in [-0.1, -0.05) is 0 Å². The SMILES string of the molecule is O=c1n(C2CS[C@H](CO)O2)ccc2nc(-c3ccc([N+](=O)[O-])cc3)cn12. The number of aromatic nitrogens is 3. The van der Waals surface area contributed by atoms with Crippen LogP contribution < -0.4 is 5.69 Å². The average molecular weight is 374 g/mol. The Labute approximate surface area is 151 Å². The maximum absolute atomic E-state index is 12.7. The second kappa shape index (κ2) is 6.56. The molecule has 2 atom stereocenters. The molecule has 0 spiro atoms. The van der Waals surface area contributed by atoms with E-state index in [9.17, 15) is 14.9 Å². The van der Waals surface area contributed by atoms with E-state index in [1.165, 1.54) is 32.9 Å². The minimum atomic E-state index is -0.467. The Hall–Kier alpha value is -2.69. The summed E-state index contributed by atoms with van der Waals surface area (Å²) in [7, 11) is 0. The Bertz CT molecular complexity index is 1030. The van der Waals surface area contributed by atoms with Gasteiger partial charge in [-0.25, -0.2) is 9.78 Å². The molecule has 2 aromatic heterocycles. The van der Waals surface area contributed by atoms with Gasteiger partial charge in [0.05, 0.1) is 17.2 Å². The van der Waals surface area contributed by atoms with Gasteiger partial charge in [0.25, 0.3) is 5.69 Å². The molecule has 1 aromatic carbocycles. The normalized spacial score (nSPS) is 19.9. The lowest BCUT2D eigenvalue weighted by Gasteiger charge is -2.13. The number of nitro benzene ring substituents is 1. The Morgan fingerprint density at radius 2 is 2.12 bits per heavy atom. The molecule has 3 aromatic rings. The number of rotatable bonds is 4. The fourth-order valence-corrected chi connectivity index (χ4v) is 3.73. The highest BCUT2D eigenvalue weighted by Crippen LogP contribution is 2.30. The summed E-state index contributed by atoms with van der Waals surface area (Å²) in [5.41, 5.74) is 1.06. The van der Waals surface area contributed by atoms with E-state index in [1.807, 2.05) is 0 Å². The van der Waals surface area contributed by atoms with Gasteiger partial charge >= 0.3 is 5.69 Å². The molecule has 9 nitrogen and oxygen atoms in total. The van der Waals surface area contributed by atoms with Crippen molar-refractivity contribution in [3.63, 3.8) is 0 Å². The van der Waals surface area contributed by atoms with Crippen LogP contribution in [0.2, 0.25) is 0 Å². The fraction of sp³-hybridized carbons (Fsp3) is 0.250. The van der Waals surface area contributed by atoms with Crippen LogP contribution in [0.5, 0.6) is 0 Å². The molecule has 26 heavy (non-hydrogen) atoms. The van der Waals surface area contributed by atoms with Gasteiger partial charge in [-0.3, -0.25) is 19.1 Å². The van der Waals surface area contributed by atoms with E-state index >= 15 is 0 Å². The van der Waals surface area contributed by atoms with Crippen molar-refractivity contribution in [1.82, 2.24) is 14.0 Å². The number of aliphatic hydroxyl groups is 1. The first-order valence-electron chi connectivity index (χ1n) is 7.80. The number of nitro groups is 1. The number of benzene rings is 1. The van der Waals surface area contributed by atoms with Gasteiger partial charge in [0, 0.05) is 35.8 Å². The second-order valence-corrected chi connectivity index (χ2v) is 6.89. The predicted octanol–water partition coefficient (Wildman–Crippen LogP) is 1.65. The van der Waals surface area contributed by atoms with Crippen molar-refractivity contribution in [2.45, 2.75) is 11.7 Å². The van der Waals surface area contributed by atoms with E-state index in [2.05, 4.69) is 4.98 Å². The van der Waals surface area contributed by atoms with Crippen LogP contribution in [-0.2, 0) is 4.74 Å². The highest BCUT2D eigenvalue weighted by atomic mass is 32.2. The van der Waals surface area contributed by atoms with Crippen molar-refractivity contribution in [3.8, 4) is 11.3 Å². The summed E-state index contributed by atoms with van der Waals surface area (Å²) in [4.78, 5) is 27.4. The van der Waals surface area contributed by atoms with Crippen LogP contribution in [0.25, 0.3) is 16.9 Å². The Kier molecular flexibility index (Phi) is 4.23. The zero-order chi connectivity index (χ0) is 18.3. The smallest absolute Gasteiger partial charge is 0.336 e. The molecule has 1 aliphatic heterocycles. The van der Waals surface area contributed by atoms with E-state index in [0.717, 1.165) is 0 Å². The minimum Gasteiger partial charge on any atom is -0.393 e. The number of hydrogen-bond donors (Lipinski definition) is 1. The summed E-state index contributed by atoms with van der Waals surface area (Å²) in [6.45, 7) is -0.104. The molecule has 0 bridgehead atoms. The third-order valence-electron chi connectivity index (χ3n) is 4.11. The number of ether oxygens (including phenoxy) is 1. The molecule has 0 aliphatic carbocycles. The van der Waals surface area contributed by atoms with E-state index in [0.29, 0.717) is 22.7 Å². The Balaban J connectivity index is 1.70. The van der Waals surface area contributed by atoms with E-state index in [1.54, 1.807) is 30.6 Å². The number of hydrogen-bond acceptors (Lipinski definition) is 7. The average Bonchev–Trinajstić information content (AvgIpc) is 3.29. The number of non-ortho nitro benzene ring substituents is 1. The summed E-state index contributed by atoms with van der Waals surface area (Å²) < 4.78 is 8.51. The molecule has 1 unspecified atom stereocenters. The monoisotopic (exact) mass is 374 g/mol. The molecular formula is C16H14N4O5S. The van der Waals surface area contributed by atoms with E-state index in [-0.39, 0.29) is 23.4 Å². The number of aliphatic hydroxyl groups excluding tert-OH is 1. The molecular weight excluding hydrogens is 360 g/mol. The van der Waals surface area contributed by atoms with Gasteiger partial charge in [0.15, 0.2) is 0 Å². The molecule has 0 amide bonds. The highest BCUT2D eigenvalue weighted by Gasteiger charge is 2.27. The maximum atomic E-state index is 12.7. The van der Waals surface area contributed by atoms with Gasteiger partial charge < -0.3 is 9.84 Å². The van der Waals surface area contributed by atoms with Crippen molar-refractivity contribution in [3.05, 3.63) is 63.3 Å². The molecule has 0 radical (unpaired) electrons. The van der Waals surface area contributed by atoms with Crippen LogP contribution in [0.1, 0.15) is 6.23 Å². The van der Waals surface area contributed by atoms with Crippen molar-refractivity contribution in [1.29, 1.82) is 0 Å². The highest BCUT2D eigenvalue weighted by molar-refractivity contribution is 8.00. The third-order valence-corrected chi connectivity index (χ3v) is 5.22. The van der Waals surface area contributed by atoms with Gasteiger partial charge in [-0.15, -0.1) is 11.8 Å². The zero-order valence-corrected chi connectivity index (χ0v) is 14.2. The molecule has 134 valence electrons. The lowest BCUT2D eigenvalue weighted by molar-refractivity contribution is -0.384. The van der Waals surface area contributed by atoms with Crippen LogP contribution >= 0.6 is 11.8 Å². The molecule has 1 fully saturated rings. The van der Waals surface area contributed by atoms with Gasteiger partial charge in [0.1, 0.15) is 17.3 Å². The van der Waals surface area contributed by atoms with Crippen LogP contribution in [0.4, 0.5) is 5.69 Å². The van der Waals surface area contributed by atoms with Gasteiger partial charge in [-0.05, 0) is 18.2 Å². The first-order valence-corrected chi connectivity index (χ1v) is 8.84. The second-order valence-electron chi connectivity index (χ2n) is 5.70. The van der Waals surface area contributed by atoms with Gasteiger partial charge in [-0.2, -0.15) is 0 Å². The maximum Gasteiger partial charge on any atom is 0.336 e. The van der Waals surface area contributed by atoms with Crippen molar-refractivity contribution >= 4 is 23.1 Å². The summed E-state index contributed by atoms with van der Waals surface area (Å²) >= 11 is 1.45. The number of imidazole rings is 1. The van der Waals surface area contributed by atoms with Crippen LogP contribution in [0.15, 0.2) is 47.5 Å². The van der Waals surface area contributed by atoms with Crippen molar-refractivity contribution < 1.29 is 14.8 Å². The standard InChI is InChI=1S/C16H14N4O5S/c21-8-15-25-14(9-26-15)18-6-5-13-17-12(7-19(13)16(18)22)10-1-3-11(4-2-10)20(23)24/h1-7,14-15,21H,8-9H2/t14?,15-/m1/s1. The van der Waals surface area contributed by atoms with Crippen LogP contribution in [0.3, 0.4) is 0 Å². The number of fused-ring (bicyclic) bond motifs is 1. The van der Waals surface area contributed by atoms with Gasteiger partial charge in [0.2, 0.25) is 0 Å². The zero-order valence-electron chi connectivity index (χ0n) is 13.4. The lowest BCUT2D eigenvalue weighted by Crippen LogP contribution is -2.30. The summed E-state index contributed by atoms with van der Waals surface area (Å²) in [6.07, 6.45) is 2.77.